The predicted octanol–water partition coefficient (Wildman–Crippen LogP) is 5.25. The third-order valence-electron chi connectivity index (χ3n) is 10.8. The first-order valence-corrected chi connectivity index (χ1v) is 14.9. The number of aliphatic hydroxyl groups excluding tert-OH is 1. The van der Waals surface area contributed by atoms with E-state index < -0.39 is 28.6 Å². The van der Waals surface area contributed by atoms with Crippen molar-refractivity contribution in [3.63, 3.8) is 0 Å². The summed E-state index contributed by atoms with van der Waals surface area (Å²) in [5, 5.41) is 20.6. The van der Waals surface area contributed by atoms with Gasteiger partial charge in [-0.05, 0) is 91.8 Å². The monoisotopic (exact) mass is 512 g/mol. The number of aliphatic hydroxyl groups is 1. The van der Waals surface area contributed by atoms with Crippen LogP contribution >= 0.6 is 0 Å². The molecule has 0 aromatic carbocycles. The van der Waals surface area contributed by atoms with Crippen LogP contribution in [-0.2, 0) is 19.4 Å². The molecular formula is C27H44O7S. The molecule has 0 bridgehead atoms. The van der Waals surface area contributed by atoms with Gasteiger partial charge >= 0.3 is 16.4 Å². The van der Waals surface area contributed by atoms with Crippen LogP contribution in [0.2, 0.25) is 0 Å². The van der Waals surface area contributed by atoms with Crippen LogP contribution in [0.15, 0.2) is 11.6 Å². The molecular weight excluding hydrogens is 468 g/mol. The fourth-order valence-electron chi connectivity index (χ4n) is 8.92. The van der Waals surface area contributed by atoms with Crippen molar-refractivity contribution in [2.75, 3.05) is 0 Å². The van der Waals surface area contributed by atoms with Crippen LogP contribution in [0.4, 0.5) is 0 Å². The first-order valence-electron chi connectivity index (χ1n) is 13.5. The summed E-state index contributed by atoms with van der Waals surface area (Å²) < 4.78 is 36.5. The molecule has 0 heterocycles. The van der Waals surface area contributed by atoms with Crippen molar-refractivity contribution in [1.29, 1.82) is 0 Å². The fourth-order valence-corrected chi connectivity index (χ4v) is 9.42. The molecule has 0 saturated heterocycles. The Labute approximate surface area is 210 Å². The molecule has 0 spiro atoms. The van der Waals surface area contributed by atoms with E-state index in [9.17, 15) is 23.4 Å². The van der Waals surface area contributed by atoms with E-state index in [4.69, 9.17) is 8.74 Å². The number of aliphatic carboxylic acids is 1. The third kappa shape index (κ3) is 5.10. The summed E-state index contributed by atoms with van der Waals surface area (Å²) >= 11 is 0. The highest BCUT2D eigenvalue weighted by atomic mass is 32.3. The van der Waals surface area contributed by atoms with E-state index in [1.54, 1.807) is 6.92 Å². The molecule has 4 aliphatic carbocycles. The molecule has 3 fully saturated rings. The van der Waals surface area contributed by atoms with Gasteiger partial charge in [-0.1, -0.05) is 52.2 Å². The largest absolute Gasteiger partial charge is 0.481 e. The molecule has 3 N–H and O–H groups in total. The molecule has 0 aromatic heterocycles. The van der Waals surface area contributed by atoms with E-state index in [0.29, 0.717) is 36.5 Å². The van der Waals surface area contributed by atoms with Gasteiger partial charge in [-0.15, -0.1) is 0 Å². The Morgan fingerprint density at radius 1 is 1.11 bits per heavy atom. The Bertz CT molecular complexity index is 945. The average molecular weight is 513 g/mol. The van der Waals surface area contributed by atoms with E-state index in [1.165, 1.54) is 6.42 Å². The molecule has 10 atom stereocenters. The molecule has 0 aliphatic heterocycles. The summed E-state index contributed by atoms with van der Waals surface area (Å²) in [6.07, 6.45) is 9.92. The Morgan fingerprint density at radius 2 is 1.83 bits per heavy atom. The lowest BCUT2D eigenvalue weighted by molar-refractivity contribution is -0.141. The number of hydrogen-bond acceptors (Lipinski definition) is 5. The third-order valence-corrected chi connectivity index (χ3v) is 11.3. The Kier molecular flexibility index (Phi) is 7.53. The zero-order valence-electron chi connectivity index (χ0n) is 21.7. The van der Waals surface area contributed by atoms with Crippen molar-refractivity contribution < 1.29 is 32.2 Å². The second-order valence-electron chi connectivity index (χ2n) is 12.7. The van der Waals surface area contributed by atoms with Crippen LogP contribution in [0.25, 0.3) is 0 Å². The SMILES string of the molecule is CC(CCC[C@@H](C)[C@H]1CC[C@H]2[C@@H]3[C@@H](O)C=C4C[C@@H](OS(=O)(=O)O)CC[C@]4(C)[C@H]3CC[C@]12C)C(=O)O. The number of rotatable bonds is 8. The van der Waals surface area contributed by atoms with Gasteiger partial charge in [-0.25, -0.2) is 4.18 Å². The molecule has 200 valence electrons. The summed E-state index contributed by atoms with van der Waals surface area (Å²) in [7, 11) is -4.49. The molecule has 4 aliphatic rings. The smallest absolute Gasteiger partial charge is 0.397 e. The van der Waals surface area contributed by atoms with Gasteiger partial charge in [0.25, 0.3) is 0 Å². The highest BCUT2D eigenvalue weighted by Gasteiger charge is 2.61. The van der Waals surface area contributed by atoms with Crippen LogP contribution in [-0.4, -0.2) is 41.4 Å². The molecule has 35 heavy (non-hydrogen) atoms. The second-order valence-corrected chi connectivity index (χ2v) is 13.7. The number of carboxylic acids is 1. The van der Waals surface area contributed by atoms with Crippen LogP contribution in [0.5, 0.6) is 0 Å². The normalized spacial score (nSPS) is 42.9. The Balaban J connectivity index is 1.48. The maximum absolute atomic E-state index is 11.4. The minimum absolute atomic E-state index is 0.0685. The summed E-state index contributed by atoms with van der Waals surface area (Å²) in [6, 6.07) is 0. The van der Waals surface area contributed by atoms with Crippen molar-refractivity contribution in [3.8, 4) is 0 Å². The molecule has 4 rings (SSSR count). The van der Waals surface area contributed by atoms with Crippen molar-refractivity contribution in [2.45, 2.75) is 104 Å². The van der Waals surface area contributed by atoms with Gasteiger partial charge in [0.1, 0.15) is 0 Å². The lowest BCUT2D eigenvalue weighted by atomic mass is 9.46. The molecule has 8 heteroatoms. The minimum atomic E-state index is -4.49. The van der Waals surface area contributed by atoms with E-state index >= 15 is 0 Å². The van der Waals surface area contributed by atoms with Crippen LogP contribution in [0.1, 0.15) is 91.9 Å². The quantitative estimate of drug-likeness (QED) is 0.300. The van der Waals surface area contributed by atoms with Crippen LogP contribution in [0.3, 0.4) is 0 Å². The van der Waals surface area contributed by atoms with Gasteiger partial charge in [0.15, 0.2) is 0 Å². The van der Waals surface area contributed by atoms with Gasteiger partial charge in [0.2, 0.25) is 0 Å². The first-order chi connectivity index (χ1) is 16.3. The zero-order chi connectivity index (χ0) is 25.8. The number of carbonyl (C=O) groups is 1. The maximum Gasteiger partial charge on any atom is 0.397 e. The van der Waals surface area contributed by atoms with Crippen LogP contribution < -0.4 is 0 Å². The fraction of sp³-hybridized carbons (Fsp3) is 0.889. The number of carboxylic acid groups (broad SMARTS) is 1. The van der Waals surface area contributed by atoms with Crippen molar-refractivity contribution in [2.24, 2.45) is 46.3 Å². The van der Waals surface area contributed by atoms with E-state index in [1.807, 2.05) is 6.08 Å². The Morgan fingerprint density at radius 3 is 2.49 bits per heavy atom. The van der Waals surface area contributed by atoms with Gasteiger partial charge in [0.05, 0.1) is 18.1 Å². The zero-order valence-corrected chi connectivity index (χ0v) is 22.5. The standard InChI is InChI=1S/C27H44O7S/c1-16(6-5-7-17(2)25(29)30)20-8-9-21-24-22(11-13-27(20,21)4)26(3)12-10-19(34-35(31,32)33)14-18(26)15-23(24)28/h15-17,19-24,28H,5-14H2,1-4H3,(H,29,30)(H,31,32,33)/t16-,17?,19+,20-,21+,22+,23+,24+,26+,27-/m1/s1. The van der Waals surface area contributed by atoms with Crippen LogP contribution in [0, 0.1) is 46.3 Å². The molecule has 1 unspecified atom stereocenters. The lowest BCUT2D eigenvalue weighted by Crippen LogP contribution is -2.55. The highest BCUT2D eigenvalue weighted by Crippen LogP contribution is 2.67. The average Bonchev–Trinajstić information content (AvgIpc) is 3.10. The van der Waals surface area contributed by atoms with Crippen molar-refractivity contribution in [1.82, 2.24) is 0 Å². The van der Waals surface area contributed by atoms with Gasteiger partial charge in [-0.2, -0.15) is 8.42 Å². The topological polar surface area (TPSA) is 121 Å². The predicted molar refractivity (Wildman–Crippen MR) is 133 cm³/mol. The highest BCUT2D eigenvalue weighted by molar-refractivity contribution is 7.80. The minimum Gasteiger partial charge on any atom is -0.481 e. The lowest BCUT2D eigenvalue weighted by Gasteiger charge is -2.59. The molecule has 0 amide bonds. The second kappa shape index (κ2) is 9.73. The summed E-state index contributed by atoms with van der Waals surface area (Å²) in [6.45, 7) is 8.85. The molecule has 0 aromatic rings. The molecule has 3 saturated carbocycles. The first kappa shape index (κ1) is 27.1. The van der Waals surface area contributed by atoms with Crippen molar-refractivity contribution >= 4 is 16.4 Å². The maximum atomic E-state index is 11.4. The van der Waals surface area contributed by atoms with Crippen molar-refractivity contribution in [3.05, 3.63) is 11.6 Å². The van der Waals surface area contributed by atoms with Gasteiger partial charge in [-0.3, -0.25) is 9.35 Å². The summed E-state index contributed by atoms with van der Waals surface area (Å²) in [4.78, 5) is 11.2. The van der Waals surface area contributed by atoms with Gasteiger partial charge < -0.3 is 10.2 Å². The van der Waals surface area contributed by atoms with Gasteiger partial charge in [0, 0.05) is 0 Å². The Hall–Kier alpha value is -0.960. The molecule has 7 nitrogen and oxygen atoms in total. The number of fused-ring (bicyclic) bond motifs is 5. The summed E-state index contributed by atoms with van der Waals surface area (Å²) in [5.41, 5.74) is 1.21. The van der Waals surface area contributed by atoms with E-state index in [-0.39, 0.29) is 22.7 Å². The van der Waals surface area contributed by atoms with E-state index in [2.05, 4.69) is 20.8 Å². The van der Waals surface area contributed by atoms with E-state index in [0.717, 1.165) is 50.5 Å². The summed E-state index contributed by atoms with van der Waals surface area (Å²) in [5.74, 6) is 1.17. The number of hydrogen-bond donors (Lipinski definition) is 3. The molecule has 0 radical (unpaired) electrons.